The third-order valence-electron chi connectivity index (χ3n) is 1.56. The topological polar surface area (TPSA) is 94.8 Å². The van der Waals surface area contributed by atoms with Crippen LogP contribution in [0.15, 0.2) is 23.8 Å². The summed E-state index contributed by atoms with van der Waals surface area (Å²) in [4.78, 5) is 19.9. The molecule has 0 saturated carbocycles. The summed E-state index contributed by atoms with van der Waals surface area (Å²) in [6, 6.07) is 0. The van der Waals surface area contributed by atoms with Crippen LogP contribution >= 0.6 is 0 Å². The molecule has 0 rings (SSSR count). The zero-order valence-electron chi connectivity index (χ0n) is 9.56. The minimum Gasteiger partial charge on any atom is -0.478 e. The molecule has 0 spiro atoms. The number of carbonyl (C=O) groups is 2. The van der Waals surface area contributed by atoms with E-state index in [1.165, 1.54) is 0 Å². The van der Waals surface area contributed by atoms with Crippen molar-refractivity contribution in [2.75, 3.05) is 6.61 Å². The standard InChI is InChI=1S/C6H10O2.C5H8O3/c1-3-4-5(2)6(7)8;1-4(2-3-6)5(7)8/h4H,3H2,1-2H3,(H,7,8);6H,1-3H2,(H,7,8)/b5-4+;. The monoisotopic (exact) mass is 230 g/mol. The second kappa shape index (κ2) is 9.92. The Hall–Kier alpha value is -1.62. The van der Waals surface area contributed by atoms with Gasteiger partial charge in [0.25, 0.3) is 0 Å². The van der Waals surface area contributed by atoms with Crippen LogP contribution in [-0.4, -0.2) is 33.9 Å². The molecule has 0 radical (unpaired) electrons. The Kier molecular flexibility index (Phi) is 10.4. The second-order valence-electron chi connectivity index (χ2n) is 2.98. The smallest absolute Gasteiger partial charge is 0.331 e. The highest BCUT2D eigenvalue weighted by molar-refractivity contribution is 5.86. The molecule has 3 N–H and O–H groups in total. The lowest BCUT2D eigenvalue weighted by atomic mass is 10.2. The van der Waals surface area contributed by atoms with Crippen molar-refractivity contribution in [3.05, 3.63) is 23.8 Å². The molecule has 0 bridgehead atoms. The first kappa shape index (κ1) is 16.8. The van der Waals surface area contributed by atoms with Crippen LogP contribution in [0.5, 0.6) is 0 Å². The van der Waals surface area contributed by atoms with Gasteiger partial charge in [-0.3, -0.25) is 0 Å². The van der Waals surface area contributed by atoms with Gasteiger partial charge in [-0.25, -0.2) is 9.59 Å². The Morgan fingerprint density at radius 3 is 1.88 bits per heavy atom. The van der Waals surface area contributed by atoms with Crippen LogP contribution in [-0.2, 0) is 9.59 Å². The van der Waals surface area contributed by atoms with Crippen molar-refractivity contribution in [3.63, 3.8) is 0 Å². The molecular weight excluding hydrogens is 212 g/mol. The summed E-state index contributed by atoms with van der Waals surface area (Å²) < 4.78 is 0. The Labute approximate surface area is 94.7 Å². The molecule has 0 atom stereocenters. The van der Waals surface area contributed by atoms with E-state index in [0.717, 1.165) is 6.42 Å². The molecule has 0 aliphatic heterocycles. The first-order valence-electron chi connectivity index (χ1n) is 4.78. The predicted molar refractivity (Wildman–Crippen MR) is 60.2 cm³/mol. The van der Waals surface area contributed by atoms with Crippen molar-refractivity contribution in [1.82, 2.24) is 0 Å². The lowest BCUT2D eigenvalue weighted by Gasteiger charge is -1.91. The van der Waals surface area contributed by atoms with Crippen LogP contribution in [0.1, 0.15) is 26.7 Å². The average Bonchev–Trinajstić information content (AvgIpc) is 2.19. The Bertz CT molecular complexity index is 278. The van der Waals surface area contributed by atoms with Gasteiger partial charge >= 0.3 is 11.9 Å². The minimum atomic E-state index is -1.04. The fourth-order valence-electron chi connectivity index (χ4n) is 0.635. The molecule has 5 nitrogen and oxygen atoms in total. The van der Waals surface area contributed by atoms with Gasteiger partial charge in [-0.15, -0.1) is 0 Å². The summed E-state index contributed by atoms with van der Waals surface area (Å²) >= 11 is 0. The molecule has 0 aromatic carbocycles. The first-order valence-corrected chi connectivity index (χ1v) is 4.78. The quantitative estimate of drug-likeness (QED) is 0.621. The molecule has 0 heterocycles. The van der Waals surface area contributed by atoms with Gasteiger partial charge in [-0.05, 0) is 13.3 Å². The highest BCUT2D eigenvalue weighted by Gasteiger charge is 2.00. The maximum Gasteiger partial charge on any atom is 0.331 e. The number of carboxylic acids is 2. The normalized spacial score (nSPS) is 10.1. The van der Waals surface area contributed by atoms with Gasteiger partial charge in [0, 0.05) is 24.2 Å². The van der Waals surface area contributed by atoms with Crippen LogP contribution in [0.4, 0.5) is 0 Å². The fourth-order valence-corrected chi connectivity index (χ4v) is 0.635. The Morgan fingerprint density at radius 1 is 1.25 bits per heavy atom. The lowest BCUT2D eigenvalue weighted by molar-refractivity contribution is -0.133. The van der Waals surface area contributed by atoms with Crippen LogP contribution in [0, 0.1) is 0 Å². The third-order valence-corrected chi connectivity index (χ3v) is 1.56. The average molecular weight is 230 g/mol. The van der Waals surface area contributed by atoms with E-state index in [9.17, 15) is 9.59 Å². The predicted octanol–water partition coefficient (Wildman–Crippen LogP) is 1.44. The van der Waals surface area contributed by atoms with E-state index >= 15 is 0 Å². The SMILES string of the molecule is C=C(CCO)C(=O)O.CC/C=C(\C)C(=O)O. The van der Waals surface area contributed by atoms with Crippen molar-refractivity contribution in [2.45, 2.75) is 26.7 Å². The maximum absolute atomic E-state index is 10.0. The molecular formula is C11H18O5. The summed E-state index contributed by atoms with van der Waals surface area (Å²) in [5.74, 6) is -1.87. The summed E-state index contributed by atoms with van der Waals surface area (Å²) in [6.07, 6.45) is 2.62. The number of rotatable bonds is 5. The molecule has 0 amide bonds. The van der Waals surface area contributed by atoms with Gasteiger partial charge in [0.05, 0.1) is 0 Å². The van der Waals surface area contributed by atoms with Crippen LogP contribution in [0.3, 0.4) is 0 Å². The van der Waals surface area contributed by atoms with Crippen molar-refractivity contribution < 1.29 is 24.9 Å². The summed E-state index contributed by atoms with van der Waals surface area (Å²) in [7, 11) is 0. The molecule has 16 heavy (non-hydrogen) atoms. The Balaban J connectivity index is 0. The van der Waals surface area contributed by atoms with Gasteiger partial charge in [0.2, 0.25) is 0 Å². The number of hydrogen-bond acceptors (Lipinski definition) is 3. The molecule has 0 aromatic heterocycles. The molecule has 0 fully saturated rings. The van der Waals surface area contributed by atoms with E-state index in [1.807, 2.05) is 6.92 Å². The number of aliphatic hydroxyl groups is 1. The summed E-state index contributed by atoms with van der Waals surface area (Å²) in [6.45, 7) is 6.54. The molecule has 0 saturated heterocycles. The van der Waals surface area contributed by atoms with Gasteiger partial charge < -0.3 is 15.3 Å². The molecule has 5 heteroatoms. The van der Waals surface area contributed by atoms with Gasteiger partial charge in [0.1, 0.15) is 0 Å². The first-order chi connectivity index (χ1) is 7.36. The maximum atomic E-state index is 10.0. The van der Waals surface area contributed by atoms with E-state index in [4.69, 9.17) is 15.3 Å². The van der Waals surface area contributed by atoms with Crippen molar-refractivity contribution in [1.29, 1.82) is 0 Å². The minimum absolute atomic E-state index is 0.0486. The number of carboxylic acid groups (broad SMARTS) is 2. The fraction of sp³-hybridized carbons (Fsp3) is 0.455. The van der Waals surface area contributed by atoms with Crippen molar-refractivity contribution in [2.24, 2.45) is 0 Å². The van der Waals surface area contributed by atoms with E-state index in [1.54, 1.807) is 13.0 Å². The van der Waals surface area contributed by atoms with Crippen LogP contribution in [0.25, 0.3) is 0 Å². The highest BCUT2D eigenvalue weighted by Crippen LogP contribution is 1.94. The third kappa shape index (κ3) is 10.5. The van der Waals surface area contributed by atoms with E-state index < -0.39 is 11.9 Å². The van der Waals surface area contributed by atoms with Gasteiger partial charge in [0.15, 0.2) is 0 Å². The second-order valence-corrected chi connectivity index (χ2v) is 2.98. The number of aliphatic carboxylic acids is 2. The van der Waals surface area contributed by atoms with E-state index in [0.29, 0.717) is 5.57 Å². The van der Waals surface area contributed by atoms with Crippen LogP contribution in [0.2, 0.25) is 0 Å². The van der Waals surface area contributed by atoms with Gasteiger partial charge in [-0.1, -0.05) is 19.6 Å². The number of hydrogen-bond donors (Lipinski definition) is 3. The van der Waals surface area contributed by atoms with E-state index in [2.05, 4.69) is 6.58 Å². The molecule has 0 unspecified atom stereocenters. The highest BCUT2D eigenvalue weighted by atomic mass is 16.4. The Morgan fingerprint density at radius 2 is 1.75 bits per heavy atom. The molecule has 0 aliphatic rings. The molecule has 92 valence electrons. The van der Waals surface area contributed by atoms with Crippen LogP contribution < -0.4 is 0 Å². The van der Waals surface area contributed by atoms with Crippen molar-refractivity contribution >= 4 is 11.9 Å². The summed E-state index contributed by atoms with van der Waals surface area (Å²) in [5, 5.41) is 24.5. The van der Waals surface area contributed by atoms with Gasteiger partial charge in [-0.2, -0.15) is 0 Å². The van der Waals surface area contributed by atoms with Crippen molar-refractivity contribution in [3.8, 4) is 0 Å². The molecule has 0 aliphatic carbocycles. The molecule has 0 aromatic rings. The number of aliphatic hydroxyl groups excluding tert-OH is 1. The van der Waals surface area contributed by atoms with E-state index in [-0.39, 0.29) is 18.6 Å². The lowest BCUT2D eigenvalue weighted by Crippen LogP contribution is -2.00. The number of allylic oxidation sites excluding steroid dienone is 1. The zero-order valence-corrected chi connectivity index (χ0v) is 9.56. The summed E-state index contributed by atoms with van der Waals surface area (Å²) in [5.41, 5.74) is 0.472. The largest absolute Gasteiger partial charge is 0.478 e. The zero-order chi connectivity index (χ0) is 13.1.